The predicted molar refractivity (Wildman–Crippen MR) is 102 cm³/mol. The lowest BCUT2D eigenvalue weighted by molar-refractivity contribution is -0.139. The van der Waals surface area contributed by atoms with Crippen LogP contribution in [-0.2, 0) is 4.79 Å². The van der Waals surface area contributed by atoms with E-state index in [-0.39, 0.29) is 24.6 Å². The molecule has 2 aliphatic rings. The summed E-state index contributed by atoms with van der Waals surface area (Å²) in [7, 11) is 0. The molecule has 1 amide bonds. The average molecular weight is 459 g/mol. The first-order valence-corrected chi connectivity index (χ1v) is 9.51. The SMILES string of the molecule is O=C(NCC(F)(F)F)[C@@H]1C[C@H](O)CN1c1nc(C2C=Nc3ncc(Cl)cc32)ncc1F. The van der Waals surface area contributed by atoms with Crippen LogP contribution in [0.4, 0.5) is 29.2 Å². The number of aliphatic hydroxyl groups is 1. The average Bonchev–Trinajstić information content (AvgIpc) is 3.29. The monoisotopic (exact) mass is 458 g/mol. The van der Waals surface area contributed by atoms with Crippen LogP contribution in [0.25, 0.3) is 0 Å². The normalized spacial score (nSPS) is 22.6. The van der Waals surface area contributed by atoms with Crippen molar-refractivity contribution in [1.29, 1.82) is 0 Å². The Kier molecular flexibility index (Phi) is 5.52. The van der Waals surface area contributed by atoms with Crippen molar-refractivity contribution in [3.05, 3.63) is 40.7 Å². The Bertz CT molecular complexity index is 1050. The van der Waals surface area contributed by atoms with Crippen molar-refractivity contribution in [1.82, 2.24) is 20.3 Å². The van der Waals surface area contributed by atoms with Gasteiger partial charge in [0.15, 0.2) is 17.5 Å². The fraction of sp³-hybridized carbons (Fsp3) is 0.389. The van der Waals surface area contributed by atoms with Crippen molar-refractivity contribution < 1.29 is 27.5 Å². The first-order chi connectivity index (χ1) is 14.6. The van der Waals surface area contributed by atoms with Gasteiger partial charge in [-0.25, -0.2) is 24.3 Å². The maximum Gasteiger partial charge on any atom is 0.405 e. The van der Waals surface area contributed by atoms with Crippen LogP contribution in [0.1, 0.15) is 23.7 Å². The van der Waals surface area contributed by atoms with E-state index in [2.05, 4.69) is 19.9 Å². The predicted octanol–water partition coefficient (Wildman–Crippen LogP) is 2.13. The smallest absolute Gasteiger partial charge is 0.391 e. The number of rotatable bonds is 4. The minimum absolute atomic E-state index is 0.138. The van der Waals surface area contributed by atoms with E-state index in [4.69, 9.17) is 11.6 Å². The molecule has 2 aromatic heterocycles. The zero-order valence-corrected chi connectivity index (χ0v) is 16.4. The number of halogens is 5. The van der Waals surface area contributed by atoms with E-state index < -0.39 is 42.5 Å². The number of aromatic nitrogens is 3. The summed E-state index contributed by atoms with van der Waals surface area (Å²) in [6.45, 7) is -1.72. The maximum atomic E-state index is 14.6. The molecule has 2 N–H and O–H groups in total. The number of amides is 1. The molecule has 0 saturated carbocycles. The summed E-state index contributed by atoms with van der Waals surface area (Å²) in [5.74, 6) is -2.21. The fourth-order valence-electron chi connectivity index (χ4n) is 3.54. The molecular weight excluding hydrogens is 444 g/mol. The molecule has 0 aliphatic carbocycles. The van der Waals surface area contributed by atoms with Crippen LogP contribution in [0.15, 0.2) is 23.5 Å². The van der Waals surface area contributed by atoms with Gasteiger partial charge in [-0.15, -0.1) is 0 Å². The Balaban J connectivity index is 1.63. The number of anilines is 1. The van der Waals surface area contributed by atoms with Gasteiger partial charge < -0.3 is 15.3 Å². The third-order valence-corrected chi connectivity index (χ3v) is 5.09. The highest BCUT2D eigenvalue weighted by atomic mass is 35.5. The van der Waals surface area contributed by atoms with Gasteiger partial charge >= 0.3 is 6.18 Å². The minimum Gasteiger partial charge on any atom is -0.391 e. The molecule has 0 bridgehead atoms. The van der Waals surface area contributed by atoms with Crippen LogP contribution in [0.3, 0.4) is 0 Å². The van der Waals surface area contributed by atoms with Crippen molar-refractivity contribution in [3.8, 4) is 0 Å². The van der Waals surface area contributed by atoms with Crippen molar-refractivity contribution >= 4 is 35.4 Å². The molecule has 4 heterocycles. The number of aliphatic hydroxyl groups excluding tert-OH is 1. The van der Waals surface area contributed by atoms with E-state index in [0.29, 0.717) is 16.4 Å². The summed E-state index contributed by atoms with van der Waals surface area (Å²) < 4.78 is 51.9. The Hall–Kier alpha value is -2.86. The lowest BCUT2D eigenvalue weighted by Gasteiger charge is -2.25. The summed E-state index contributed by atoms with van der Waals surface area (Å²) in [6.07, 6.45) is -1.98. The summed E-state index contributed by atoms with van der Waals surface area (Å²) in [6, 6.07) is 0.399. The van der Waals surface area contributed by atoms with E-state index >= 15 is 0 Å². The third-order valence-electron chi connectivity index (χ3n) is 4.88. The number of aliphatic imine (C=N–C) groups is 1. The quantitative estimate of drug-likeness (QED) is 0.680. The molecule has 2 aromatic rings. The van der Waals surface area contributed by atoms with Crippen molar-refractivity contribution in [2.75, 3.05) is 18.0 Å². The molecular formula is C18H15ClF4N6O2. The summed E-state index contributed by atoms with van der Waals surface area (Å²) in [5, 5.41) is 12.1. The van der Waals surface area contributed by atoms with Crippen LogP contribution >= 0.6 is 11.6 Å². The first kappa shape index (κ1) is 21.4. The topological polar surface area (TPSA) is 104 Å². The second-order valence-corrected chi connectivity index (χ2v) is 7.55. The molecule has 0 aromatic carbocycles. The largest absolute Gasteiger partial charge is 0.405 e. The number of carbonyl (C=O) groups excluding carboxylic acids is 1. The van der Waals surface area contributed by atoms with E-state index in [1.165, 1.54) is 12.4 Å². The molecule has 3 atom stereocenters. The summed E-state index contributed by atoms with van der Waals surface area (Å²) >= 11 is 5.99. The minimum atomic E-state index is -4.60. The van der Waals surface area contributed by atoms with Gasteiger partial charge in [0, 0.05) is 30.9 Å². The Morgan fingerprint density at radius 2 is 2.10 bits per heavy atom. The maximum absolute atomic E-state index is 14.6. The van der Waals surface area contributed by atoms with Gasteiger partial charge in [-0.2, -0.15) is 13.2 Å². The van der Waals surface area contributed by atoms with Crippen molar-refractivity contribution in [3.63, 3.8) is 0 Å². The van der Waals surface area contributed by atoms with E-state index in [1.807, 2.05) is 0 Å². The molecule has 164 valence electrons. The Morgan fingerprint density at radius 3 is 2.84 bits per heavy atom. The van der Waals surface area contributed by atoms with Gasteiger partial charge in [-0.05, 0) is 6.07 Å². The van der Waals surface area contributed by atoms with Crippen LogP contribution in [0.2, 0.25) is 5.02 Å². The first-order valence-electron chi connectivity index (χ1n) is 9.13. The van der Waals surface area contributed by atoms with Crippen LogP contribution < -0.4 is 10.2 Å². The molecule has 31 heavy (non-hydrogen) atoms. The van der Waals surface area contributed by atoms with Crippen molar-refractivity contribution in [2.24, 2.45) is 4.99 Å². The van der Waals surface area contributed by atoms with Gasteiger partial charge in [0.25, 0.3) is 0 Å². The summed E-state index contributed by atoms with van der Waals surface area (Å²) in [5.41, 5.74) is 0.603. The van der Waals surface area contributed by atoms with Gasteiger partial charge in [0.05, 0.1) is 23.2 Å². The lowest BCUT2D eigenvalue weighted by Crippen LogP contribution is -2.46. The number of hydrogen-bond donors (Lipinski definition) is 2. The molecule has 4 rings (SSSR count). The number of pyridine rings is 1. The summed E-state index contributed by atoms with van der Waals surface area (Å²) in [4.78, 5) is 29.9. The van der Waals surface area contributed by atoms with E-state index in [1.54, 1.807) is 11.4 Å². The van der Waals surface area contributed by atoms with Crippen LogP contribution in [0, 0.1) is 5.82 Å². The molecule has 13 heteroatoms. The number of fused-ring (bicyclic) bond motifs is 1. The molecule has 0 radical (unpaired) electrons. The van der Waals surface area contributed by atoms with Crippen LogP contribution in [-0.4, -0.2) is 63.6 Å². The zero-order valence-electron chi connectivity index (χ0n) is 15.6. The van der Waals surface area contributed by atoms with E-state index in [0.717, 1.165) is 11.1 Å². The second kappa shape index (κ2) is 8.00. The molecule has 1 fully saturated rings. The highest BCUT2D eigenvalue weighted by molar-refractivity contribution is 6.30. The number of carbonyl (C=O) groups is 1. The number of hydrogen-bond acceptors (Lipinski definition) is 7. The standard InChI is InChI=1S/C18H15ClF4N6O2/c19-8-1-10-11(4-25-14(10)24-3-8)15-26-5-12(20)16(28-15)29-6-9(30)2-13(29)17(31)27-7-18(21,22)23/h1,3-5,9,11,13,30H,2,6-7H2,(H,27,31)/t9-,11?,13-/m0/s1. The highest BCUT2D eigenvalue weighted by Gasteiger charge is 2.40. The molecule has 0 spiro atoms. The van der Waals surface area contributed by atoms with Gasteiger partial charge in [0.2, 0.25) is 5.91 Å². The number of β-amino-alcohol motifs (C(OH)–C–C–N with tert-alkyl or cyclic N) is 1. The lowest BCUT2D eigenvalue weighted by atomic mass is 10.0. The number of alkyl halides is 3. The molecule has 1 unspecified atom stereocenters. The number of nitrogens with zero attached hydrogens (tertiary/aromatic N) is 5. The number of nitrogens with one attached hydrogen (secondary N) is 1. The molecule has 8 nitrogen and oxygen atoms in total. The zero-order chi connectivity index (χ0) is 22.3. The van der Waals surface area contributed by atoms with Gasteiger partial charge in [0.1, 0.15) is 18.4 Å². The highest BCUT2D eigenvalue weighted by Crippen LogP contribution is 2.36. The van der Waals surface area contributed by atoms with Crippen molar-refractivity contribution in [2.45, 2.75) is 30.7 Å². The molecule has 2 aliphatic heterocycles. The fourth-order valence-corrected chi connectivity index (χ4v) is 3.71. The van der Waals surface area contributed by atoms with Gasteiger partial charge in [-0.1, -0.05) is 11.6 Å². The molecule has 1 saturated heterocycles. The third kappa shape index (κ3) is 4.44. The van der Waals surface area contributed by atoms with Crippen LogP contribution in [0.5, 0.6) is 0 Å². The Morgan fingerprint density at radius 1 is 1.32 bits per heavy atom. The van der Waals surface area contributed by atoms with Gasteiger partial charge in [-0.3, -0.25) is 4.79 Å². The van der Waals surface area contributed by atoms with E-state index in [9.17, 15) is 27.5 Å². The second-order valence-electron chi connectivity index (χ2n) is 7.11. The Labute approximate surface area is 178 Å².